The molecular weight excluding hydrogens is 398 g/mol. The third-order valence-corrected chi connectivity index (χ3v) is 6.15. The first kappa shape index (κ1) is 19.2. The fourth-order valence-corrected chi connectivity index (χ4v) is 4.47. The Morgan fingerprint density at radius 3 is 2.73 bits per heavy atom. The number of piperazine rings is 1. The molecule has 1 saturated heterocycles. The first-order valence-electron chi connectivity index (χ1n) is 10.3. The van der Waals surface area contributed by atoms with Crippen molar-refractivity contribution in [2.24, 2.45) is 0 Å². The normalized spacial score (nSPS) is 15.3. The molecule has 0 saturated carbocycles. The number of hydrogen-bond acceptors (Lipinski definition) is 3. The largest absolute Gasteiger partial charge is 0.358 e. The lowest BCUT2D eigenvalue weighted by Gasteiger charge is -2.34. The Morgan fingerprint density at radius 1 is 1.10 bits per heavy atom. The number of H-pyrrole nitrogens is 1. The van der Waals surface area contributed by atoms with E-state index in [9.17, 15) is 4.79 Å². The molecule has 6 nitrogen and oxygen atoms in total. The van der Waals surface area contributed by atoms with Crippen molar-refractivity contribution < 1.29 is 4.79 Å². The van der Waals surface area contributed by atoms with E-state index in [1.165, 1.54) is 0 Å². The summed E-state index contributed by atoms with van der Waals surface area (Å²) in [7, 11) is 0. The highest BCUT2D eigenvalue weighted by atomic mass is 35.5. The number of nitrogens with zero attached hydrogens (tertiary/aromatic N) is 4. The minimum atomic E-state index is 0.199. The Balaban J connectivity index is 1.21. The van der Waals surface area contributed by atoms with Gasteiger partial charge in [-0.3, -0.25) is 9.69 Å². The maximum Gasteiger partial charge on any atom is 0.227 e. The van der Waals surface area contributed by atoms with Crippen LogP contribution in [0.2, 0.25) is 5.02 Å². The molecule has 1 aliphatic rings. The van der Waals surface area contributed by atoms with E-state index in [0.717, 1.165) is 66.2 Å². The highest BCUT2D eigenvalue weighted by Crippen LogP contribution is 2.23. The smallest absolute Gasteiger partial charge is 0.227 e. The third-order valence-electron chi connectivity index (χ3n) is 5.93. The summed E-state index contributed by atoms with van der Waals surface area (Å²) < 4.78 is 1.96. The summed E-state index contributed by atoms with van der Waals surface area (Å²) in [6.45, 7) is 6.03. The first-order valence-corrected chi connectivity index (χ1v) is 10.6. The van der Waals surface area contributed by atoms with Crippen LogP contribution in [-0.2, 0) is 17.8 Å². The number of halogens is 1. The summed E-state index contributed by atoms with van der Waals surface area (Å²) in [5.41, 5.74) is 5.21. The average Bonchev–Trinajstić information content (AvgIpc) is 3.28. The van der Waals surface area contributed by atoms with Gasteiger partial charge >= 0.3 is 0 Å². The summed E-state index contributed by atoms with van der Waals surface area (Å²) in [4.78, 5) is 25.3. The molecule has 5 rings (SSSR count). The van der Waals surface area contributed by atoms with Crippen LogP contribution in [0.3, 0.4) is 0 Å². The molecule has 3 aromatic heterocycles. The fraction of sp³-hybridized carbons (Fsp3) is 0.304. The summed E-state index contributed by atoms with van der Waals surface area (Å²) in [5.74, 6) is 0.199. The van der Waals surface area contributed by atoms with Crippen molar-refractivity contribution in [3.8, 4) is 0 Å². The van der Waals surface area contributed by atoms with Crippen molar-refractivity contribution in [2.45, 2.75) is 19.9 Å². The van der Waals surface area contributed by atoms with Crippen molar-refractivity contribution in [2.75, 3.05) is 26.2 Å². The number of rotatable bonds is 4. The van der Waals surface area contributed by atoms with Gasteiger partial charge in [0.2, 0.25) is 5.91 Å². The Labute approximate surface area is 180 Å². The minimum absolute atomic E-state index is 0.199. The number of pyridine rings is 1. The van der Waals surface area contributed by atoms with Gasteiger partial charge in [0.15, 0.2) is 0 Å². The van der Waals surface area contributed by atoms with E-state index in [1.807, 2.05) is 52.9 Å². The zero-order valence-electron chi connectivity index (χ0n) is 16.9. The fourth-order valence-electron chi connectivity index (χ4n) is 4.30. The van der Waals surface area contributed by atoms with E-state index in [0.29, 0.717) is 11.4 Å². The molecule has 0 atom stereocenters. The lowest BCUT2D eigenvalue weighted by molar-refractivity contribution is -0.132. The Morgan fingerprint density at radius 2 is 1.90 bits per heavy atom. The van der Waals surface area contributed by atoms with Crippen LogP contribution in [0.5, 0.6) is 0 Å². The first-order chi connectivity index (χ1) is 14.6. The number of imidazole rings is 1. The number of para-hydroxylation sites is 1. The van der Waals surface area contributed by atoms with Crippen LogP contribution in [0.15, 0.2) is 48.8 Å². The second-order valence-corrected chi connectivity index (χ2v) is 8.39. The summed E-state index contributed by atoms with van der Waals surface area (Å²) in [6, 6.07) is 12.0. The maximum absolute atomic E-state index is 12.9. The number of aromatic amines is 1. The topological polar surface area (TPSA) is 56.6 Å². The Hall–Kier alpha value is -2.83. The van der Waals surface area contributed by atoms with E-state index in [-0.39, 0.29) is 5.91 Å². The molecule has 0 radical (unpaired) electrons. The van der Waals surface area contributed by atoms with Crippen LogP contribution in [0.4, 0.5) is 0 Å². The van der Waals surface area contributed by atoms with Crippen LogP contribution in [0, 0.1) is 6.92 Å². The molecule has 30 heavy (non-hydrogen) atoms. The molecule has 0 spiro atoms. The average molecular weight is 422 g/mol. The molecule has 1 aromatic carbocycles. The molecule has 7 heteroatoms. The predicted molar refractivity (Wildman–Crippen MR) is 119 cm³/mol. The molecule has 1 amide bonds. The van der Waals surface area contributed by atoms with Gasteiger partial charge in [0.25, 0.3) is 0 Å². The molecular formula is C23H24ClN5O. The van der Waals surface area contributed by atoms with Gasteiger partial charge in [0.1, 0.15) is 5.65 Å². The number of fused-ring (bicyclic) bond motifs is 2. The van der Waals surface area contributed by atoms with Gasteiger partial charge in [-0.2, -0.15) is 0 Å². The van der Waals surface area contributed by atoms with Crippen molar-refractivity contribution in [3.05, 3.63) is 70.8 Å². The molecule has 0 bridgehead atoms. The van der Waals surface area contributed by atoms with Crippen molar-refractivity contribution >= 4 is 34.1 Å². The lowest BCUT2D eigenvalue weighted by atomic mass is 10.1. The molecule has 154 valence electrons. The molecule has 0 unspecified atom stereocenters. The zero-order chi connectivity index (χ0) is 20.7. The molecule has 1 N–H and O–H groups in total. The third kappa shape index (κ3) is 3.68. The number of amides is 1. The molecule has 0 aliphatic carbocycles. The van der Waals surface area contributed by atoms with E-state index in [4.69, 9.17) is 11.6 Å². The van der Waals surface area contributed by atoms with E-state index in [1.54, 1.807) is 0 Å². The molecule has 1 aliphatic heterocycles. The van der Waals surface area contributed by atoms with Crippen LogP contribution in [0.1, 0.15) is 17.0 Å². The van der Waals surface area contributed by atoms with Gasteiger partial charge in [-0.25, -0.2) is 4.98 Å². The predicted octanol–water partition coefficient (Wildman–Crippen LogP) is 3.66. The summed E-state index contributed by atoms with van der Waals surface area (Å²) in [5, 5.41) is 1.85. The van der Waals surface area contributed by atoms with Gasteiger partial charge in [-0.05, 0) is 30.7 Å². The number of benzene rings is 1. The lowest BCUT2D eigenvalue weighted by Crippen LogP contribution is -2.48. The molecule has 4 aromatic rings. The van der Waals surface area contributed by atoms with Gasteiger partial charge in [0, 0.05) is 61.7 Å². The van der Waals surface area contributed by atoms with E-state index in [2.05, 4.69) is 27.0 Å². The summed E-state index contributed by atoms with van der Waals surface area (Å²) in [6.07, 6.45) is 4.35. The van der Waals surface area contributed by atoms with Crippen LogP contribution in [0.25, 0.3) is 16.6 Å². The van der Waals surface area contributed by atoms with Gasteiger partial charge < -0.3 is 14.3 Å². The quantitative estimate of drug-likeness (QED) is 0.547. The SMILES string of the molecule is Cc1[nH]c2ccccc2c1CC(=O)N1CCN(Cc2cn3cc(Cl)ccc3n2)CC1. The van der Waals surface area contributed by atoms with E-state index >= 15 is 0 Å². The van der Waals surface area contributed by atoms with E-state index < -0.39 is 0 Å². The van der Waals surface area contributed by atoms with Gasteiger partial charge in [-0.1, -0.05) is 29.8 Å². The number of carbonyl (C=O) groups is 1. The minimum Gasteiger partial charge on any atom is -0.358 e. The number of aromatic nitrogens is 3. The zero-order valence-corrected chi connectivity index (χ0v) is 17.7. The molecule has 4 heterocycles. The van der Waals surface area contributed by atoms with Gasteiger partial charge in [0.05, 0.1) is 17.1 Å². The van der Waals surface area contributed by atoms with Crippen molar-refractivity contribution in [3.63, 3.8) is 0 Å². The molecule has 1 fully saturated rings. The van der Waals surface area contributed by atoms with Crippen molar-refractivity contribution in [1.82, 2.24) is 24.2 Å². The number of carbonyl (C=O) groups excluding carboxylic acids is 1. The summed E-state index contributed by atoms with van der Waals surface area (Å²) >= 11 is 6.06. The number of aryl methyl sites for hydroxylation is 1. The number of hydrogen-bond donors (Lipinski definition) is 1. The maximum atomic E-state index is 12.9. The highest BCUT2D eigenvalue weighted by Gasteiger charge is 2.23. The standard InChI is InChI=1S/C23H24ClN5O/c1-16-20(19-4-2-3-5-21(19)25-16)12-23(30)28-10-8-27(9-11-28)14-18-15-29-13-17(24)6-7-22(29)26-18/h2-7,13,15,25H,8-12,14H2,1H3. The van der Waals surface area contributed by atoms with Crippen molar-refractivity contribution in [1.29, 1.82) is 0 Å². The second-order valence-electron chi connectivity index (χ2n) is 7.95. The monoisotopic (exact) mass is 421 g/mol. The van der Waals surface area contributed by atoms with Crippen LogP contribution < -0.4 is 0 Å². The Bertz CT molecular complexity index is 1220. The van der Waals surface area contributed by atoms with Gasteiger partial charge in [-0.15, -0.1) is 0 Å². The number of nitrogens with one attached hydrogen (secondary N) is 1. The Kier molecular flexibility index (Phi) is 4.97. The highest BCUT2D eigenvalue weighted by molar-refractivity contribution is 6.30. The van der Waals surface area contributed by atoms with Crippen LogP contribution in [-0.4, -0.2) is 56.3 Å². The van der Waals surface area contributed by atoms with Crippen LogP contribution >= 0.6 is 11.6 Å². The second kappa shape index (κ2) is 7.78.